The molecule has 31 heavy (non-hydrogen) atoms. The molecule has 164 valence electrons. The number of carbonyl (C=O) groups is 5. The number of nitrogens with zero attached hydrogens (tertiary/aromatic N) is 2. The van der Waals surface area contributed by atoms with E-state index in [0.29, 0.717) is 12.8 Å². The fraction of sp³-hybridized carbons (Fsp3) is 0.316. The number of carbonyl (C=O) groups excluding carboxylic acids is 5. The predicted molar refractivity (Wildman–Crippen MR) is 102 cm³/mol. The lowest BCUT2D eigenvalue weighted by Crippen LogP contribution is -2.36. The van der Waals surface area contributed by atoms with Crippen molar-refractivity contribution in [3.05, 3.63) is 47.5 Å². The maximum Gasteiger partial charge on any atom is 0.333 e. The van der Waals surface area contributed by atoms with E-state index in [4.69, 9.17) is 4.55 Å². The van der Waals surface area contributed by atoms with Crippen molar-refractivity contribution >= 4 is 39.7 Å². The van der Waals surface area contributed by atoms with Crippen LogP contribution in [-0.4, -0.2) is 57.8 Å². The summed E-state index contributed by atoms with van der Waals surface area (Å²) in [6.07, 6.45) is 2.28. The quantitative estimate of drug-likeness (QED) is 0.422. The Morgan fingerprint density at radius 3 is 2.16 bits per heavy atom. The zero-order valence-electron chi connectivity index (χ0n) is 16.1. The number of rotatable bonds is 8. The van der Waals surface area contributed by atoms with Gasteiger partial charge in [0.25, 0.3) is 33.7 Å². The third-order valence-electron chi connectivity index (χ3n) is 4.73. The van der Waals surface area contributed by atoms with Crippen LogP contribution in [0.1, 0.15) is 30.4 Å². The third kappa shape index (κ3) is 5.22. The first kappa shape index (κ1) is 22.3. The van der Waals surface area contributed by atoms with Crippen molar-refractivity contribution in [1.82, 2.24) is 9.96 Å². The van der Waals surface area contributed by atoms with Crippen molar-refractivity contribution in [3.63, 3.8) is 0 Å². The first-order valence-corrected chi connectivity index (χ1v) is 10.7. The molecule has 1 saturated heterocycles. The Balaban J connectivity index is 1.45. The number of imide groups is 2. The van der Waals surface area contributed by atoms with Crippen molar-refractivity contribution < 1.29 is 41.8 Å². The molecule has 1 aromatic rings. The summed E-state index contributed by atoms with van der Waals surface area (Å²) in [6, 6.07) is 7.07. The van der Waals surface area contributed by atoms with Gasteiger partial charge in [-0.25, -0.2) is 4.79 Å². The summed E-state index contributed by atoms with van der Waals surface area (Å²) in [7, 11) is -4.77. The molecule has 0 saturated carbocycles. The maximum atomic E-state index is 11.9. The predicted octanol–water partition coefficient (Wildman–Crippen LogP) is -0.0922. The molecular weight excluding hydrogens is 432 g/mol. The normalized spacial score (nSPS) is 18.9. The van der Waals surface area contributed by atoms with Crippen LogP contribution in [0.4, 0.5) is 0 Å². The van der Waals surface area contributed by atoms with Gasteiger partial charge in [0, 0.05) is 18.6 Å². The average Bonchev–Trinajstić information content (AvgIpc) is 3.17. The molecule has 1 unspecified atom stereocenters. The van der Waals surface area contributed by atoms with Crippen LogP contribution in [0.3, 0.4) is 0 Å². The highest BCUT2D eigenvalue weighted by molar-refractivity contribution is 7.87. The monoisotopic (exact) mass is 450 g/mol. The smallest absolute Gasteiger partial charge is 0.330 e. The highest BCUT2D eigenvalue weighted by atomic mass is 32.2. The minimum atomic E-state index is -4.77. The highest BCUT2D eigenvalue weighted by Crippen LogP contribution is 2.20. The summed E-state index contributed by atoms with van der Waals surface area (Å²) in [6.45, 7) is 0.152. The SMILES string of the molecule is O=C(CCCc1ccc(CN2C(=O)C=CC2=O)cc1)ON1C(=O)CC(S(=O)(=O)O)C1=O. The standard InChI is InChI=1S/C19H18N2O9S/c22-15-8-9-16(23)20(15)11-13-6-4-12(5-7-13)2-1-3-18(25)30-21-17(24)10-14(19(21)26)31(27,28)29/h4-9,14H,1-3,10-11H2,(H,27,28,29). The van der Waals surface area contributed by atoms with Crippen LogP contribution in [0.2, 0.25) is 0 Å². The van der Waals surface area contributed by atoms with Crippen LogP contribution < -0.4 is 0 Å². The lowest BCUT2D eigenvalue weighted by Gasteiger charge is -2.14. The van der Waals surface area contributed by atoms with Gasteiger partial charge in [0.15, 0.2) is 5.25 Å². The van der Waals surface area contributed by atoms with Crippen molar-refractivity contribution in [2.24, 2.45) is 0 Å². The van der Waals surface area contributed by atoms with E-state index in [9.17, 15) is 32.4 Å². The lowest BCUT2D eigenvalue weighted by molar-refractivity contribution is -0.197. The second-order valence-electron chi connectivity index (χ2n) is 6.96. The molecule has 12 heteroatoms. The van der Waals surface area contributed by atoms with Crippen LogP contribution in [0.5, 0.6) is 0 Å². The second kappa shape index (κ2) is 8.78. The Labute approximate surface area is 176 Å². The molecule has 0 aromatic heterocycles. The molecule has 4 amide bonds. The van der Waals surface area contributed by atoms with Gasteiger partial charge in [0.2, 0.25) is 0 Å². The minimum Gasteiger partial charge on any atom is -0.330 e. The number of aryl methyl sites for hydroxylation is 1. The zero-order chi connectivity index (χ0) is 22.8. The van der Waals surface area contributed by atoms with Crippen LogP contribution in [0.25, 0.3) is 0 Å². The summed E-state index contributed by atoms with van der Waals surface area (Å²) >= 11 is 0. The summed E-state index contributed by atoms with van der Waals surface area (Å²) in [4.78, 5) is 64.3. The second-order valence-corrected chi connectivity index (χ2v) is 8.56. The van der Waals surface area contributed by atoms with E-state index in [2.05, 4.69) is 4.84 Å². The van der Waals surface area contributed by atoms with E-state index >= 15 is 0 Å². The molecule has 2 heterocycles. The Morgan fingerprint density at radius 1 is 1.03 bits per heavy atom. The molecule has 3 rings (SSSR count). The molecule has 1 aromatic carbocycles. The molecule has 0 radical (unpaired) electrons. The summed E-state index contributed by atoms with van der Waals surface area (Å²) in [5, 5.41) is -1.89. The number of hydrogen-bond donors (Lipinski definition) is 1. The van der Waals surface area contributed by atoms with Crippen LogP contribution in [0, 0.1) is 0 Å². The van der Waals surface area contributed by atoms with Gasteiger partial charge in [-0.2, -0.15) is 8.42 Å². The Bertz CT molecular complexity index is 1060. The molecule has 0 aliphatic carbocycles. The molecule has 2 aliphatic rings. The average molecular weight is 450 g/mol. The molecule has 2 aliphatic heterocycles. The van der Waals surface area contributed by atoms with Gasteiger partial charge in [-0.1, -0.05) is 24.3 Å². The number of hydrogen-bond acceptors (Lipinski definition) is 8. The Hall–Kier alpha value is -3.38. The molecule has 0 spiro atoms. The van der Waals surface area contributed by atoms with Crippen LogP contribution in [0.15, 0.2) is 36.4 Å². The third-order valence-corrected chi connectivity index (χ3v) is 5.81. The molecule has 0 bridgehead atoms. The highest BCUT2D eigenvalue weighted by Gasteiger charge is 2.48. The van der Waals surface area contributed by atoms with Gasteiger partial charge in [0.1, 0.15) is 0 Å². The van der Waals surface area contributed by atoms with Crippen molar-refractivity contribution in [2.75, 3.05) is 0 Å². The number of benzene rings is 1. The van der Waals surface area contributed by atoms with Gasteiger partial charge in [0.05, 0.1) is 13.0 Å². The van der Waals surface area contributed by atoms with E-state index < -0.39 is 39.6 Å². The Morgan fingerprint density at radius 2 is 1.61 bits per heavy atom. The van der Waals surface area contributed by atoms with E-state index in [1.807, 2.05) is 0 Å². The molecule has 1 N–H and O–H groups in total. The van der Waals surface area contributed by atoms with Crippen LogP contribution in [-0.2, 0) is 51.9 Å². The molecule has 1 fully saturated rings. The fourth-order valence-electron chi connectivity index (χ4n) is 3.08. The van der Waals surface area contributed by atoms with E-state index in [0.717, 1.165) is 16.0 Å². The maximum absolute atomic E-state index is 11.9. The lowest BCUT2D eigenvalue weighted by atomic mass is 10.1. The topological polar surface area (TPSA) is 155 Å². The van der Waals surface area contributed by atoms with E-state index in [-0.39, 0.29) is 29.8 Å². The van der Waals surface area contributed by atoms with Gasteiger partial charge >= 0.3 is 5.97 Å². The van der Waals surface area contributed by atoms with Gasteiger partial charge < -0.3 is 4.84 Å². The van der Waals surface area contributed by atoms with E-state index in [1.165, 1.54) is 12.2 Å². The fourth-order valence-corrected chi connectivity index (χ4v) is 3.78. The van der Waals surface area contributed by atoms with E-state index in [1.54, 1.807) is 24.3 Å². The first-order chi connectivity index (χ1) is 14.6. The summed E-state index contributed by atoms with van der Waals surface area (Å²) < 4.78 is 31.1. The minimum absolute atomic E-state index is 0.0748. The van der Waals surface area contributed by atoms with Crippen molar-refractivity contribution in [3.8, 4) is 0 Å². The van der Waals surface area contributed by atoms with Crippen molar-refractivity contribution in [1.29, 1.82) is 0 Å². The molecule has 1 atom stereocenters. The van der Waals surface area contributed by atoms with Gasteiger partial charge in [-0.15, -0.1) is 5.06 Å². The number of amides is 4. The molecule has 11 nitrogen and oxygen atoms in total. The molecular formula is C19H18N2O9S. The van der Waals surface area contributed by atoms with Crippen molar-refractivity contribution in [2.45, 2.75) is 37.5 Å². The summed E-state index contributed by atoms with van der Waals surface area (Å²) in [5.74, 6) is -3.97. The van der Waals surface area contributed by atoms with Gasteiger partial charge in [-0.05, 0) is 24.0 Å². The van der Waals surface area contributed by atoms with Crippen LogP contribution >= 0.6 is 0 Å². The van der Waals surface area contributed by atoms with Gasteiger partial charge in [-0.3, -0.25) is 28.6 Å². The largest absolute Gasteiger partial charge is 0.333 e. The number of hydroxylamine groups is 2. The first-order valence-electron chi connectivity index (χ1n) is 9.21. The zero-order valence-corrected chi connectivity index (χ0v) is 16.9. The Kier molecular flexibility index (Phi) is 6.32. The summed E-state index contributed by atoms with van der Waals surface area (Å²) in [5.41, 5.74) is 1.63.